The summed E-state index contributed by atoms with van der Waals surface area (Å²) in [6.07, 6.45) is 0. The van der Waals surface area contributed by atoms with Gasteiger partial charge >= 0.3 is 0 Å². The fourth-order valence-electron chi connectivity index (χ4n) is 1.43. The fraction of sp³-hybridized carbons (Fsp3) is 0.455. The number of aliphatic hydroxyl groups excluding tert-OH is 1. The summed E-state index contributed by atoms with van der Waals surface area (Å²) in [5.74, 6) is 0.798. The maximum Gasteiger partial charge on any atom is 0.133 e. The van der Waals surface area contributed by atoms with Crippen molar-refractivity contribution in [3.8, 4) is 5.75 Å². The van der Waals surface area contributed by atoms with Crippen molar-refractivity contribution in [1.82, 2.24) is 5.32 Å². The number of rotatable bonds is 5. The Labute approximate surface area is 98.6 Å². The van der Waals surface area contributed by atoms with Crippen molar-refractivity contribution in [3.63, 3.8) is 0 Å². The summed E-state index contributed by atoms with van der Waals surface area (Å²) in [5.41, 5.74) is 1.05. The Balaban J connectivity index is 2.89. The number of hydrogen-bond acceptors (Lipinski definition) is 3. The lowest BCUT2D eigenvalue weighted by atomic mass is 10.1. The number of methoxy groups -OCH3 is 1. The van der Waals surface area contributed by atoms with Crippen molar-refractivity contribution in [2.24, 2.45) is 0 Å². The fourth-order valence-corrected chi connectivity index (χ4v) is 1.99. The number of hydrogen-bond donors (Lipinski definition) is 2. The molecule has 2 N–H and O–H groups in total. The minimum Gasteiger partial charge on any atom is -0.496 e. The van der Waals surface area contributed by atoms with Gasteiger partial charge in [-0.25, -0.2) is 0 Å². The van der Waals surface area contributed by atoms with E-state index in [1.54, 1.807) is 7.11 Å². The van der Waals surface area contributed by atoms with Gasteiger partial charge in [-0.1, -0.05) is 13.0 Å². The van der Waals surface area contributed by atoms with Crippen LogP contribution in [0.2, 0.25) is 0 Å². The molecule has 0 heterocycles. The predicted molar refractivity (Wildman–Crippen MR) is 64.2 cm³/mol. The van der Waals surface area contributed by atoms with Crippen molar-refractivity contribution >= 4 is 15.9 Å². The second kappa shape index (κ2) is 6.10. The van der Waals surface area contributed by atoms with E-state index in [0.29, 0.717) is 0 Å². The number of aliphatic hydroxyl groups is 1. The Kier molecular flexibility index (Phi) is 5.08. The number of halogens is 1. The van der Waals surface area contributed by atoms with Gasteiger partial charge in [0.15, 0.2) is 0 Å². The van der Waals surface area contributed by atoms with Crippen LogP contribution in [-0.4, -0.2) is 25.4 Å². The largest absolute Gasteiger partial charge is 0.496 e. The first-order chi connectivity index (χ1) is 7.22. The smallest absolute Gasteiger partial charge is 0.133 e. The van der Waals surface area contributed by atoms with Crippen molar-refractivity contribution in [2.75, 3.05) is 20.3 Å². The summed E-state index contributed by atoms with van der Waals surface area (Å²) in [6, 6.07) is 5.78. The SMILES string of the molecule is CCNC(CO)c1ccc(OC)c(Br)c1. The predicted octanol–water partition coefficient (Wildman–Crippen LogP) is 2.10. The van der Waals surface area contributed by atoms with Gasteiger partial charge < -0.3 is 15.2 Å². The Bertz CT molecular complexity index is 317. The summed E-state index contributed by atoms with van der Waals surface area (Å²) in [5, 5.41) is 12.4. The quantitative estimate of drug-likeness (QED) is 0.864. The Morgan fingerprint density at radius 1 is 1.53 bits per heavy atom. The third-order valence-corrected chi connectivity index (χ3v) is 2.83. The highest BCUT2D eigenvalue weighted by atomic mass is 79.9. The third-order valence-electron chi connectivity index (χ3n) is 2.21. The third kappa shape index (κ3) is 3.19. The maximum atomic E-state index is 9.22. The zero-order chi connectivity index (χ0) is 11.3. The van der Waals surface area contributed by atoms with Gasteiger partial charge in [-0.2, -0.15) is 0 Å². The summed E-state index contributed by atoms with van der Waals surface area (Å²) < 4.78 is 6.05. The van der Waals surface area contributed by atoms with Gasteiger partial charge in [-0.05, 0) is 40.2 Å². The molecule has 15 heavy (non-hydrogen) atoms. The first-order valence-corrected chi connectivity index (χ1v) is 5.69. The summed E-state index contributed by atoms with van der Waals surface area (Å²) in [7, 11) is 1.63. The highest BCUT2D eigenvalue weighted by molar-refractivity contribution is 9.10. The monoisotopic (exact) mass is 273 g/mol. The van der Waals surface area contributed by atoms with Gasteiger partial charge in [0.2, 0.25) is 0 Å². The molecule has 0 aliphatic rings. The minimum atomic E-state index is -0.0165. The molecule has 3 nitrogen and oxygen atoms in total. The average Bonchev–Trinajstić information content (AvgIpc) is 2.25. The van der Waals surface area contributed by atoms with Crippen LogP contribution in [0.25, 0.3) is 0 Å². The molecule has 0 radical (unpaired) electrons. The molecular weight excluding hydrogens is 258 g/mol. The molecule has 0 saturated heterocycles. The number of benzene rings is 1. The molecule has 1 rings (SSSR count). The highest BCUT2D eigenvalue weighted by Crippen LogP contribution is 2.27. The van der Waals surface area contributed by atoms with E-state index in [9.17, 15) is 5.11 Å². The van der Waals surface area contributed by atoms with E-state index in [1.807, 2.05) is 25.1 Å². The van der Waals surface area contributed by atoms with Crippen LogP contribution in [-0.2, 0) is 0 Å². The van der Waals surface area contributed by atoms with Gasteiger partial charge in [-0.15, -0.1) is 0 Å². The van der Waals surface area contributed by atoms with Crippen LogP contribution >= 0.6 is 15.9 Å². The van der Waals surface area contributed by atoms with Crippen molar-refractivity contribution in [3.05, 3.63) is 28.2 Å². The summed E-state index contributed by atoms with van der Waals surface area (Å²) >= 11 is 3.42. The molecule has 0 amide bonds. The Hall–Kier alpha value is -0.580. The van der Waals surface area contributed by atoms with E-state index in [2.05, 4.69) is 21.2 Å². The van der Waals surface area contributed by atoms with E-state index in [0.717, 1.165) is 22.3 Å². The van der Waals surface area contributed by atoms with Crippen LogP contribution in [0.4, 0.5) is 0 Å². The minimum absolute atomic E-state index is 0.0165. The van der Waals surface area contributed by atoms with E-state index < -0.39 is 0 Å². The van der Waals surface area contributed by atoms with Gasteiger partial charge in [0.1, 0.15) is 5.75 Å². The van der Waals surface area contributed by atoms with Gasteiger partial charge in [0, 0.05) is 0 Å². The van der Waals surface area contributed by atoms with Crippen LogP contribution in [0.3, 0.4) is 0 Å². The van der Waals surface area contributed by atoms with Crippen LogP contribution < -0.4 is 10.1 Å². The molecule has 0 spiro atoms. The van der Waals surface area contributed by atoms with Crippen LogP contribution in [0.1, 0.15) is 18.5 Å². The standard InChI is InChI=1S/C11H16BrNO2/c1-3-13-10(7-14)8-4-5-11(15-2)9(12)6-8/h4-6,10,13-14H,3,7H2,1-2H3. The number of nitrogens with one attached hydrogen (secondary N) is 1. The molecule has 1 atom stereocenters. The second-order valence-electron chi connectivity index (χ2n) is 3.19. The lowest BCUT2D eigenvalue weighted by Crippen LogP contribution is -2.23. The van der Waals surface area contributed by atoms with Gasteiger partial charge in [0.05, 0.1) is 24.2 Å². The molecular formula is C11H16BrNO2. The van der Waals surface area contributed by atoms with Crippen LogP contribution in [0.5, 0.6) is 5.75 Å². The topological polar surface area (TPSA) is 41.5 Å². The Morgan fingerprint density at radius 3 is 2.73 bits per heavy atom. The lowest BCUT2D eigenvalue weighted by Gasteiger charge is -2.16. The number of likely N-dealkylation sites (N-methyl/N-ethyl adjacent to an activating group) is 1. The van der Waals surface area contributed by atoms with E-state index in [4.69, 9.17) is 4.74 Å². The van der Waals surface area contributed by atoms with Crippen molar-refractivity contribution in [2.45, 2.75) is 13.0 Å². The van der Waals surface area contributed by atoms with Crippen LogP contribution in [0.15, 0.2) is 22.7 Å². The van der Waals surface area contributed by atoms with Gasteiger partial charge in [-0.3, -0.25) is 0 Å². The summed E-state index contributed by atoms with van der Waals surface area (Å²) in [6.45, 7) is 2.93. The molecule has 0 aliphatic heterocycles. The number of ether oxygens (including phenoxy) is 1. The average molecular weight is 274 g/mol. The first-order valence-electron chi connectivity index (χ1n) is 4.90. The van der Waals surface area contributed by atoms with Crippen molar-refractivity contribution in [1.29, 1.82) is 0 Å². The molecule has 84 valence electrons. The molecule has 0 fully saturated rings. The zero-order valence-corrected chi connectivity index (χ0v) is 10.5. The van der Waals surface area contributed by atoms with E-state index in [-0.39, 0.29) is 12.6 Å². The highest BCUT2D eigenvalue weighted by Gasteiger charge is 2.10. The molecule has 1 unspecified atom stereocenters. The molecule has 0 aliphatic carbocycles. The van der Waals surface area contributed by atoms with Crippen molar-refractivity contribution < 1.29 is 9.84 Å². The maximum absolute atomic E-state index is 9.22. The zero-order valence-electron chi connectivity index (χ0n) is 8.96. The van der Waals surface area contributed by atoms with Crippen LogP contribution in [0, 0.1) is 0 Å². The molecule has 0 saturated carbocycles. The first kappa shape index (κ1) is 12.5. The molecule has 0 aromatic heterocycles. The second-order valence-corrected chi connectivity index (χ2v) is 4.04. The summed E-state index contributed by atoms with van der Waals surface area (Å²) in [4.78, 5) is 0. The molecule has 1 aromatic carbocycles. The molecule has 0 bridgehead atoms. The van der Waals surface area contributed by atoms with E-state index in [1.165, 1.54) is 0 Å². The molecule has 4 heteroatoms. The molecule has 1 aromatic rings. The van der Waals surface area contributed by atoms with Gasteiger partial charge in [0.25, 0.3) is 0 Å². The Morgan fingerprint density at radius 2 is 2.27 bits per heavy atom. The van der Waals surface area contributed by atoms with E-state index >= 15 is 0 Å². The normalized spacial score (nSPS) is 12.5. The lowest BCUT2D eigenvalue weighted by molar-refractivity contribution is 0.246.